The molecule has 2 heterocycles. The lowest BCUT2D eigenvalue weighted by Gasteiger charge is -2.34. The minimum Gasteiger partial charge on any atom is -0.345 e. The Morgan fingerprint density at radius 1 is 1.14 bits per heavy atom. The number of fused-ring (bicyclic) bond motifs is 1. The van der Waals surface area contributed by atoms with E-state index in [1.54, 1.807) is 23.1 Å². The van der Waals surface area contributed by atoms with Crippen LogP contribution in [0.25, 0.3) is 10.2 Å². The molecule has 146 valence electrons. The first kappa shape index (κ1) is 19.3. The molecular weight excluding hydrogens is 386 g/mol. The number of hydrogen-bond acceptors (Lipinski definition) is 5. The van der Waals surface area contributed by atoms with Gasteiger partial charge in [0.1, 0.15) is 0 Å². The number of thioether (sulfide) groups is 1. The molecule has 1 saturated heterocycles. The van der Waals surface area contributed by atoms with Gasteiger partial charge in [0.05, 0.1) is 10.2 Å². The molecule has 0 bridgehead atoms. The highest BCUT2D eigenvalue weighted by atomic mass is 32.2. The van der Waals surface area contributed by atoms with Gasteiger partial charge in [-0.3, -0.25) is 4.79 Å². The Morgan fingerprint density at radius 3 is 2.68 bits per heavy atom. The minimum atomic E-state index is 0.133. The Hall–Kier alpha value is -2.05. The number of anilines is 1. The van der Waals surface area contributed by atoms with E-state index < -0.39 is 0 Å². The SMILES string of the molecule is CCSc1cccc(C(=O)N2CCN(c3nc4c(C)cc(C)cc4s3)CC2)c1. The number of thiazole rings is 1. The van der Waals surface area contributed by atoms with Crippen molar-refractivity contribution in [3.63, 3.8) is 0 Å². The predicted octanol–water partition coefficient (Wildman–Crippen LogP) is 4.99. The van der Waals surface area contributed by atoms with E-state index in [9.17, 15) is 4.79 Å². The third kappa shape index (κ3) is 3.89. The zero-order chi connectivity index (χ0) is 19.7. The first-order valence-electron chi connectivity index (χ1n) is 9.70. The maximum Gasteiger partial charge on any atom is 0.254 e. The van der Waals surface area contributed by atoms with Crippen molar-refractivity contribution < 1.29 is 4.79 Å². The largest absolute Gasteiger partial charge is 0.345 e. The van der Waals surface area contributed by atoms with Crippen molar-refractivity contribution in [1.29, 1.82) is 0 Å². The van der Waals surface area contributed by atoms with Crippen LogP contribution >= 0.6 is 23.1 Å². The van der Waals surface area contributed by atoms with Gasteiger partial charge in [-0.2, -0.15) is 0 Å². The fraction of sp³-hybridized carbons (Fsp3) is 0.364. The molecule has 0 unspecified atom stereocenters. The summed E-state index contributed by atoms with van der Waals surface area (Å²) in [5.74, 6) is 1.14. The molecule has 0 N–H and O–H groups in total. The molecule has 6 heteroatoms. The number of rotatable bonds is 4. The molecule has 1 amide bonds. The summed E-state index contributed by atoms with van der Waals surface area (Å²) in [7, 11) is 0. The molecule has 1 fully saturated rings. The fourth-order valence-corrected chi connectivity index (χ4v) is 5.57. The molecule has 0 saturated carbocycles. The molecule has 0 radical (unpaired) electrons. The van der Waals surface area contributed by atoms with Gasteiger partial charge in [-0.25, -0.2) is 4.98 Å². The zero-order valence-electron chi connectivity index (χ0n) is 16.6. The number of carbonyl (C=O) groups is 1. The molecule has 28 heavy (non-hydrogen) atoms. The molecule has 1 aliphatic heterocycles. The second-order valence-electron chi connectivity index (χ2n) is 7.17. The summed E-state index contributed by atoms with van der Waals surface area (Å²) in [5.41, 5.74) is 4.41. The molecule has 4 nitrogen and oxygen atoms in total. The summed E-state index contributed by atoms with van der Waals surface area (Å²) >= 11 is 3.52. The highest BCUT2D eigenvalue weighted by molar-refractivity contribution is 7.99. The van der Waals surface area contributed by atoms with Crippen molar-refractivity contribution in [1.82, 2.24) is 9.88 Å². The summed E-state index contributed by atoms with van der Waals surface area (Å²) in [6.45, 7) is 9.50. The minimum absolute atomic E-state index is 0.133. The van der Waals surface area contributed by atoms with Crippen LogP contribution in [-0.2, 0) is 0 Å². The molecule has 0 atom stereocenters. The molecule has 1 aromatic heterocycles. The van der Waals surface area contributed by atoms with Crippen molar-refractivity contribution in [2.75, 3.05) is 36.8 Å². The lowest BCUT2D eigenvalue weighted by molar-refractivity contribution is 0.0746. The van der Waals surface area contributed by atoms with Crippen LogP contribution < -0.4 is 4.90 Å². The fourth-order valence-electron chi connectivity index (χ4n) is 3.66. The molecule has 4 rings (SSSR count). The van der Waals surface area contributed by atoms with Crippen molar-refractivity contribution in [3.8, 4) is 0 Å². The zero-order valence-corrected chi connectivity index (χ0v) is 18.2. The summed E-state index contributed by atoms with van der Waals surface area (Å²) in [6, 6.07) is 12.4. The highest BCUT2D eigenvalue weighted by Crippen LogP contribution is 2.32. The first-order valence-corrected chi connectivity index (χ1v) is 11.5. The van der Waals surface area contributed by atoms with Crippen LogP contribution in [0.1, 0.15) is 28.4 Å². The van der Waals surface area contributed by atoms with E-state index in [0.29, 0.717) is 0 Å². The quantitative estimate of drug-likeness (QED) is 0.567. The Morgan fingerprint density at radius 2 is 1.93 bits per heavy atom. The van der Waals surface area contributed by atoms with Crippen molar-refractivity contribution in [2.45, 2.75) is 25.7 Å². The van der Waals surface area contributed by atoms with E-state index in [1.807, 2.05) is 23.1 Å². The van der Waals surface area contributed by atoms with Crippen molar-refractivity contribution >= 4 is 44.4 Å². The summed E-state index contributed by atoms with van der Waals surface area (Å²) in [5, 5.41) is 1.07. The van der Waals surface area contributed by atoms with Crippen LogP contribution in [0, 0.1) is 13.8 Å². The maximum atomic E-state index is 12.9. The highest BCUT2D eigenvalue weighted by Gasteiger charge is 2.24. The summed E-state index contributed by atoms with van der Waals surface area (Å²) in [6.07, 6.45) is 0. The first-order chi connectivity index (χ1) is 13.5. The lowest BCUT2D eigenvalue weighted by atomic mass is 10.1. The summed E-state index contributed by atoms with van der Waals surface area (Å²) in [4.78, 5) is 23.2. The molecule has 3 aromatic rings. The predicted molar refractivity (Wildman–Crippen MR) is 120 cm³/mol. The van der Waals surface area contributed by atoms with E-state index in [0.717, 1.165) is 53.0 Å². The number of hydrogen-bond donors (Lipinski definition) is 0. The van der Waals surface area contributed by atoms with Gasteiger partial charge in [-0.05, 0) is 55.0 Å². The number of piperazine rings is 1. The van der Waals surface area contributed by atoms with Crippen LogP contribution in [0.5, 0.6) is 0 Å². The van der Waals surface area contributed by atoms with E-state index >= 15 is 0 Å². The third-order valence-electron chi connectivity index (χ3n) is 5.05. The second kappa shape index (κ2) is 8.13. The van der Waals surface area contributed by atoms with Crippen LogP contribution in [-0.4, -0.2) is 47.7 Å². The Balaban J connectivity index is 1.45. The molecular formula is C22H25N3OS2. The number of aryl methyl sites for hydroxylation is 2. The number of amides is 1. The number of benzene rings is 2. The number of nitrogens with zero attached hydrogens (tertiary/aromatic N) is 3. The Bertz CT molecular complexity index is 1010. The topological polar surface area (TPSA) is 36.4 Å². The van der Waals surface area contributed by atoms with Crippen LogP contribution in [0.15, 0.2) is 41.3 Å². The van der Waals surface area contributed by atoms with Gasteiger partial charge in [0, 0.05) is 36.6 Å². The molecule has 0 spiro atoms. The standard InChI is InChI=1S/C22H25N3OS2/c1-4-27-18-7-5-6-17(14-18)21(26)24-8-10-25(11-9-24)22-23-20-16(3)12-15(2)13-19(20)28-22/h5-7,12-14H,4,8-11H2,1-3H3. The Labute approximate surface area is 174 Å². The summed E-state index contributed by atoms with van der Waals surface area (Å²) < 4.78 is 1.25. The third-order valence-corrected chi connectivity index (χ3v) is 6.99. The van der Waals surface area contributed by atoms with Gasteiger partial charge in [0.25, 0.3) is 5.91 Å². The van der Waals surface area contributed by atoms with Gasteiger partial charge in [-0.1, -0.05) is 30.4 Å². The van der Waals surface area contributed by atoms with Crippen LogP contribution in [0.2, 0.25) is 0 Å². The molecule has 2 aromatic carbocycles. The molecule has 0 aliphatic carbocycles. The average Bonchev–Trinajstić information content (AvgIpc) is 3.12. The van der Waals surface area contributed by atoms with Crippen molar-refractivity contribution in [2.24, 2.45) is 0 Å². The number of carbonyl (C=O) groups excluding carboxylic acids is 1. The monoisotopic (exact) mass is 411 g/mol. The van der Waals surface area contributed by atoms with Gasteiger partial charge in [0.15, 0.2) is 5.13 Å². The average molecular weight is 412 g/mol. The van der Waals surface area contributed by atoms with Gasteiger partial charge in [0.2, 0.25) is 0 Å². The van der Waals surface area contributed by atoms with Gasteiger partial charge < -0.3 is 9.80 Å². The van der Waals surface area contributed by atoms with Gasteiger partial charge in [-0.15, -0.1) is 11.8 Å². The smallest absolute Gasteiger partial charge is 0.254 e. The second-order valence-corrected chi connectivity index (χ2v) is 9.51. The molecule has 1 aliphatic rings. The van der Waals surface area contributed by atoms with Crippen molar-refractivity contribution in [3.05, 3.63) is 53.1 Å². The van der Waals surface area contributed by atoms with Crippen LogP contribution in [0.4, 0.5) is 5.13 Å². The van der Waals surface area contributed by atoms with E-state index in [1.165, 1.54) is 15.8 Å². The normalized spacial score (nSPS) is 14.7. The van der Waals surface area contributed by atoms with E-state index in [4.69, 9.17) is 4.98 Å². The van der Waals surface area contributed by atoms with E-state index in [-0.39, 0.29) is 5.91 Å². The van der Waals surface area contributed by atoms with E-state index in [2.05, 4.69) is 43.9 Å². The Kier molecular flexibility index (Phi) is 5.60. The van der Waals surface area contributed by atoms with Crippen LogP contribution in [0.3, 0.4) is 0 Å². The van der Waals surface area contributed by atoms with Gasteiger partial charge >= 0.3 is 0 Å². The number of aromatic nitrogens is 1. The lowest BCUT2D eigenvalue weighted by Crippen LogP contribution is -2.48. The maximum absolute atomic E-state index is 12.9.